The van der Waals surface area contributed by atoms with E-state index in [0.29, 0.717) is 5.13 Å². The fourth-order valence-corrected chi connectivity index (χ4v) is 3.36. The Morgan fingerprint density at radius 1 is 1.19 bits per heavy atom. The zero-order valence-corrected chi connectivity index (χ0v) is 15.6. The van der Waals surface area contributed by atoms with Gasteiger partial charge in [-0.3, -0.25) is 9.59 Å². The molecule has 0 unspecified atom stereocenters. The maximum atomic E-state index is 12.3. The number of benzene rings is 2. The van der Waals surface area contributed by atoms with Gasteiger partial charge in [-0.1, -0.05) is 23.5 Å². The van der Waals surface area contributed by atoms with E-state index in [0.717, 1.165) is 27.2 Å². The van der Waals surface area contributed by atoms with Gasteiger partial charge in [0.05, 0.1) is 23.7 Å². The lowest BCUT2D eigenvalue weighted by molar-refractivity contribution is -0.116. The molecule has 1 aromatic heterocycles. The summed E-state index contributed by atoms with van der Waals surface area (Å²) < 4.78 is 6.15. The second-order valence-corrected chi connectivity index (χ2v) is 6.85. The molecule has 1 N–H and O–H groups in total. The Kier molecular flexibility index (Phi) is 5.18. The Labute approximate surface area is 155 Å². The van der Waals surface area contributed by atoms with Crippen LogP contribution in [0.25, 0.3) is 10.2 Å². The largest absolute Gasteiger partial charge is 0.497 e. The van der Waals surface area contributed by atoms with Crippen molar-refractivity contribution in [2.24, 2.45) is 0 Å². The summed E-state index contributed by atoms with van der Waals surface area (Å²) in [5.74, 6) is 0.585. The molecule has 0 aliphatic rings. The molecule has 3 aromatic rings. The van der Waals surface area contributed by atoms with Crippen molar-refractivity contribution in [2.45, 2.75) is 13.3 Å². The number of anilines is 2. The van der Waals surface area contributed by atoms with Crippen LogP contribution in [0.2, 0.25) is 0 Å². The molecule has 6 nitrogen and oxygen atoms in total. The number of hydrogen-bond acceptors (Lipinski definition) is 5. The fourth-order valence-electron chi connectivity index (χ4n) is 2.45. The highest BCUT2D eigenvalue weighted by Crippen LogP contribution is 2.29. The van der Waals surface area contributed by atoms with Crippen molar-refractivity contribution in [3.05, 3.63) is 48.0 Å². The third-order valence-electron chi connectivity index (χ3n) is 4.00. The summed E-state index contributed by atoms with van der Waals surface area (Å²) in [6, 6.07) is 12.9. The molecule has 0 radical (unpaired) electrons. The molecule has 7 heteroatoms. The number of amides is 2. The highest BCUT2D eigenvalue weighted by molar-refractivity contribution is 7.22. The summed E-state index contributed by atoms with van der Waals surface area (Å²) in [6.45, 7) is 1.51. The maximum Gasteiger partial charge on any atom is 0.230 e. The Balaban J connectivity index is 1.66. The molecule has 2 amide bonds. The molecule has 0 fully saturated rings. The standard InChI is InChI=1S/C19H19N3O3S/c1-12(23)22(2)14-6-4-13(5-7-14)10-18(24)21-19-20-16-9-8-15(25-3)11-17(16)26-19/h4-9,11H,10H2,1-3H3,(H,20,21,24). The number of nitrogens with one attached hydrogen (secondary N) is 1. The van der Waals surface area contributed by atoms with Gasteiger partial charge in [0.25, 0.3) is 0 Å². The molecule has 3 rings (SSSR count). The number of methoxy groups -OCH3 is 1. The third kappa shape index (κ3) is 4.00. The van der Waals surface area contributed by atoms with Crippen molar-refractivity contribution in [1.29, 1.82) is 0 Å². The smallest absolute Gasteiger partial charge is 0.230 e. The number of aromatic nitrogens is 1. The number of hydrogen-bond donors (Lipinski definition) is 1. The Morgan fingerprint density at radius 3 is 2.58 bits per heavy atom. The van der Waals surface area contributed by atoms with E-state index in [2.05, 4.69) is 10.3 Å². The highest BCUT2D eigenvalue weighted by atomic mass is 32.1. The number of rotatable bonds is 5. The van der Waals surface area contributed by atoms with Crippen LogP contribution in [0, 0.1) is 0 Å². The fraction of sp³-hybridized carbons (Fsp3) is 0.211. The lowest BCUT2D eigenvalue weighted by Gasteiger charge is -2.15. The van der Waals surface area contributed by atoms with E-state index in [9.17, 15) is 9.59 Å². The topological polar surface area (TPSA) is 71.5 Å². The first-order chi connectivity index (χ1) is 12.5. The van der Waals surface area contributed by atoms with E-state index < -0.39 is 0 Å². The van der Waals surface area contributed by atoms with E-state index in [-0.39, 0.29) is 18.2 Å². The van der Waals surface area contributed by atoms with Crippen LogP contribution in [0.4, 0.5) is 10.8 Å². The summed E-state index contributed by atoms with van der Waals surface area (Å²) in [5.41, 5.74) is 2.48. The van der Waals surface area contributed by atoms with Gasteiger partial charge in [0.1, 0.15) is 5.75 Å². The predicted octanol–water partition coefficient (Wildman–Crippen LogP) is 3.47. The zero-order chi connectivity index (χ0) is 18.7. The summed E-state index contributed by atoms with van der Waals surface area (Å²) in [7, 11) is 3.33. The zero-order valence-electron chi connectivity index (χ0n) is 14.8. The number of nitrogens with zero attached hydrogens (tertiary/aromatic N) is 2. The quantitative estimate of drug-likeness (QED) is 0.747. The van der Waals surface area contributed by atoms with Gasteiger partial charge in [-0.05, 0) is 35.9 Å². The van der Waals surface area contributed by atoms with E-state index in [1.54, 1.807) is 19.1 Å². The minimum Gasteiger partial charge on any atom is -0.497 e. The average molecular weight is 369 g/mol. The van der Waals surface area contributed by atoms with Crippen LogP contribution in [0.3, 0.4) is 0 Å². The second kappa shape index (κ2) is 7.53. The lowest BCUT2D eigenvalue weighted by atomic mass is 10.1. The number of fused-ring (bicyclic) bond motifs is 1. The minimum absolute atomic E-state index is 0.0389. The van der Waals surface area contributed by atoms with Crippen molar-refractivity contribution in [1.82, 2.24) is 4.98 Å². The summed E-state index contributed by atoms with van der Waals surface area (Å²) in [5, 5.41) is 3.40. The van der Waals surface area contributed by atoms with Gasteiger partial charge in [0, 0.05) is 19.7 Å². The number of thiazole rings is 1. The van der Waals surface area contributed by atoms with Crippen LogP contribution in [0.15, 0.2) is 42.5 Å². The van der Waals surface area contributed by atoms with E-state index in [4.69, 9.17) is 4.74 Å². The lowest BCUT2D eigenvalue weighted by Crippen LogP contribution is -2.22. The van der Waals surface area contributed by atoms with Gasteiger partial charge < -0.3 is 15.0 Å². The highest BCUT2D eigenvalue weighted by Gasteiger charge is 2.10. The molecule has 1 heterocycles. The summed E-state index contributed by atoms with van der Waals surface area (Å²) in [4.78, 5) is 29.6. The van der Waals surface area contributed by atoms with Crippen LogP contribution < -0.4 is 15.0 Å². The minimum atomic E-state index is -0.135. The predicted molar refractivity (Wildman–Crippen MR) is 104 cm³/mol. The van der Waals surface area contributed by atoms with Gasteiger partial charge in [0.2, 0.25) is 11.8 Å². The first kappa shape index (κ1) is 17.9. The van der Waals surface area contributed by atoms with Gasteiger partial charge in [-0.25, -0.2) is 4.98 Å². The molecule has 0 aliphatic heterocycles. The first-order valence-electron chi connectivity index (χ1n) is 8.04. The molecular weight excluding hydrogens is 350 g/mol. The van der Waals surface area contributed by atoms with Gasteiger partial charge in [0.15, 0.2) is 5.13 Å². The molecule has 0 bridgehead atoms. The molecule has 0 aliphatic carbocycles. The van der Waals surface area contributed by atoms with E-state index in [1.807, 2.05) is 42.5 Å². The van der Waals surface area contributed by atoms with Crippen molar-refractivity contribution in [2.75, 3.05) is 24.4 Å². The molecular formula is C19H19N3O3S. The van der Waals surface area contributed by atoms with Crippen LogP contribution >= 0.6 is 11.3 Å². The molecule has 134 valence electrons. The molecule has 0 saturated heterocycles. The van der Waals surface area contributed by atoms with Crippen molar-refractivity contribution >= 4 is 44.2 Å². The molecule has 0 saturated carbocycles. The Morgan fingerprint density at radius 2 is 1.92 bits per heavy atom. The van der Waals surface area contributed by atoms with Gasteiger partial charge in [-0.15, -0.1) is 0 Å². The molecule has 0 atom stereocenters. The second-order valence-electron chi connectivity index (χ2n) is 5.82. The van der Waals surface area contributed by atoms with Crippen LogP contribution in [0.1, 0.15) is 12.5 Å². The molecule has 2 aromatic carbocycles. The summed E-state index contributed by atoms with van der Waals surface area (Å²) in [6.07, 6.45) is 0.239. The first-order valence-corrected chi connectivity index (χ1v) is 8.85. The average Bonchev–Trinajstić information content (AvgIpc) is 3.02. The SMILES string of the molecule is COc1ccc2nc(NC(=O)Cc3ccc(N(C)C(C)=O)cc3)sc2c1. The van der Waals surface area contributed by atoms with Gasteiger partial charge in [-0.2, -0.15) is 0 Å². The Bertz CT molecular complexity index is 950. The molecule has 0 spiro atoms. The third-order valence-corrected chi connectivity index (χ3v) is 4.94. The maximum absolute atomic E-state index is 12.3. The van der Waals surface area contributed by atoms with Crippen LogP contribution in [0.5, 0.6) is 5.75 Å². The normalized spacial score (nSPS) is 10.6. The molecule has 26 heavy (non-hydrogen) atoms. The van der Waals surface area contributed by atoms with Gasteiger partial charge >= 0.3 is 0 Å². The number of ether oxygens (including phenoxy) is 1. The van der Waals surface area contributed by atoms with Crippen LogP contribution in [-0.4, -0.2) is 31.0 Å². The van der Waals surface area contributed by atoms with E-state index >= 15 is 0 Å². The van der Waals surface area contributed by atoms with Crippen molar-refractivity contribution in [3.8, 4) is 5.75 Å². The van der Waals surface area contributed by atoms with E-state index in [1.165, 1.54) is 18.3 Å². The van der Waals surface area contributed by atoms with Crippen molar-refractivity contribution in [3.63, 3.8) is 0 Å². The van der Waals surface area contributed by atoms with Crippen LogP contribution in [-0.2, 0) is 16.0 Å². The monoisotopic (exact) mass is 369 g/mol. The number of carbonyl (C=O) groups is 2. The Hall–Kier alpha value is -2.93. The summed E-state index contributed by atoms with van der Waals surface area (Å²) >= 11 is 1.41. The van der Waals surface area contributed by atoms with Crippen molar-refractivity contribution < 1.29 is 14.3 Å². The number of carbonyl (C=O) groups excluding carboxylic acids is 2.